The van der Waals surface area contributed by atoms with Gasteiger partial charge in [-0.15, -0.1) is 0 Å². The summed E-state index contributed by atoms with van der Waals surface area (Å²) in [6, 6.07) is 9.46. The van der Waals surface area contributed by atoms with Gasteiger partial charge in [0, 0.05) is 26.6 Å². The number of amides is 1. The molecule has 4 rings (SSSR count). The van der Waals surface area contributed by atoms with Crippen LogP contribution in [0.3, 0.4) is 0 Å². The smallest absolute Gasteiger partial charge is 0.335 e. The largest absolute Gasteiger partial charge is 0.478 e. The summed E-state index contributed by atoms with van der Waals surface area (Å²) >= 11 is 0. The van der Waals surface area contributed by atoms with Crippen LogP contribution < -0.4 is 4.31 Å². The number of carbonyl (C=O) groups excluding carboxylic acids is 1. The number of sulfonamides is 1. The minimum Gasteiger partial charge on any atom is -0.478 e. The molecule has 8 heteroatoms. The van der Waals surface area contributed by atoms with Crippen LogP contribution in [0.1, 0.15) is 34.0 Å². The van der Waals surface area contributed by atoms with Gasteiger partial charge in [0.1, 0.15) is 0 Å². The standard InChI is InChI=1S/C19H18N2O5S/c1-12(22)20-10-15-2-4-17(9-16(15)11-20)27(25,26)21-7-6-13-8-14(19(23)24)3-5-18(13)21/h2-5,8-9H,6-7,10-11H2,1H3,(H,23,24). The second-order valence-corrected chi connectivity index (χ2v) is 8.64. The molecule has 0 spiro atoms. The summed E-state index contributed by atoms with van der Waals surface area (Å²) in [6.45, 7) is 2.68. The molecule has 2 heterocycles. The molecule has 2 aromatic rings. The van der Waals surface area contributed by atoms with E-state index in [1.807, 2.05) is 0 Å². The molecular formula is C19H18N2O5S. The van der Waals surface area contributed by atoms with Crippen LogP contribution in [0.4, 0.5) is 5.69 Å². The maximum absolute atomic E-state index is 13.2. The Balaban J connectivity index is 1.68. The molecule has 0 fully saturated rings. The number of anilines is 1. The van der Waals surface area contributed by atoms with E-state index in [1.54, 1.807) is 29.2 Å². The van der Waals surface area contributed by atoms with Crippen LogP contribution in [0.2, 0.25) is 0 Å². The average Bonchev–Trinajstić information content (AvgIpc) is 3.24. The van der Waals surface area contributed by atoms with Crippen LogP contribution >= 0.6 is 0 Å². The number of carboxylic acid groups (broad SMARTS) is 1. The van der Waals surface area contributed by atoms with Gasteiger partial charge in [-0.1, -0.05) is 6.07 Å². The maximum Gasteiger partial charge on any atom is 0.335 e. The van der Waals surface area contributed by atoms with E-state index < -0.39 is 16.0 Å². The van der Waals surface area contributed by atoms with Gasteiger partial charge in [0.15, 0.2) is 0 Å². The molecule has 0 aliphatic carbocycles. The Hall–Kier alpha value is -2.87. The number of hydrogen-bond donors (Lipinski definition) is 1. The van der Waals surface area contributed by atoms with Crippen molar-refractivity contribution in [3.8, 4) is 0 Å². The Morgan fingerprint density at radius 2 is 1.74 bits per heavy atom. The van der Waals surface area contributed by atoms with Crippen LogP contribution in [0, 0.1) is 0 Å². The lowest BCUT2D eigenvalue weighted by Gasteiger charge is -2.20. The van der Waals surface area contributed by atoms with Gasteiger partial charge in [-0.2, -0.15) is 0 Å². The molecule has 2 aliphatic rings. The van der Waals surface area contributed by atoms with Gasteiger partial charge in [-0.25, -0.2) is 13.2 Å². The number of fused-ring (bicyclic) bond motifs is 2. The Morgan fingerprint density at radius 3 is 2.44 bits per heavy atom. The monoisotopic (exact) mass is 386 g/mol. The summed E-state index contributed by atoms with van der Waals surface area (Å²) in [7, 11) is -3.76. The predicted molar refractivity (Wildman–Crippen MR) is 98.0 cm³/mol. The highest BCUT2D eigenvalue weighted by Gasteiger charge is 2.32. The van der Waals surface area contributed by atoms with Gasteiger partial charge in [0.05, 0.1) is 16.1 Å². The number of nitrogens with zero attached hydrogens (tertiary/aromatic N) is 2. The van der Waals surface area contributed by atoms with E-state index in [1.165, 1.54) is 23.4 Å². The molecule has 1 N–H and O–H groups in total. The number of carbonyl (C=O) groups is 2. The molecule has 0 unspecified atom stereocenters. The fourth-order valence-electron chi connectivity index (χ4n) is 3.64. The molecule has 0 radical (unpaired) electrons. The lowest BCUT2D eigenvalue weighted by atomic mass is 10.1. The maximum atomic E-state index is 13.2. The van der Waals surface area contributed by atoms with Gasteiger partial charge < -0.3 is 10.0 Å². The van der Waals surface area contributed by atoms with Crippen molar-refractivity contribution in [2.45, 2.75) is 31.3 Å². The second-order valence-electron chi connectivity index (χ2n) is 6.78. The van der Waals surface area contributed by atoms with E-state index in [4.69, 9.17) is 5.11 Å². The van der Waals surface area contributed by atoms with E-state index in [2.05, 4.69) is 0 Å². The van der Waals surface area contributed by atoms with Crippen molar-refractivity contribution in [2.24, 2.45) is 0 Å². The van der Waals surface area contributed by atoms with Crippen LogP contribution in [-0.2, 0) is 34.3 Å². The summed E-state index contributed by atoms with van der Waals surface area (Å²) < 4.78 is 27.6. The first-order valence-electron chi connectivity index (χ1n) is 8.53. The number of hydrogen-bond acceptors (Lipinski definition) is 4. The molecule has 7 nitrogen and oxygen atoms in total. The van der Waals surface area contributed by atoms with E-state index >= 15 is 0 Å². The van der Waals surface area contributed by atoms with Crippen LogP contribution in [0.5, 0.6) is 0 Å². The third-order valence-corrected chi connectivity index (χ3v) is 6.92. The van der Waals surface area contributed by atoms with Gasteiger partial charge in [-0.05, 0) is 53.4 Å². The number of rotatable bonds is 3. The lowest BCUT2D eigenvalue weighted by molar-refractivity contribution is -0.129. The molecule has 0 bridgehead atoms. The summed E-state index contributed by atoms with van der Waals surface area (Å²) in [6.07, 6.45) is 0.471. The molecule has 0 aromatic heterocycles. The third kappa shape index (κ3) is 2.86. The predicted octanol–water partition coefficient (Wildman–Crippen LogP) is 2.00. The topological polar surface area (TPSA) is 95.0 Å². The van der Waals surface area contributed by atoms with Crippen molar-refractivity contribution >= 4 is 27.6 Å². The van der Waals surface area contributed by atoms with Crippen molar-refractivity contribution in [3.05, 3.63) is 58.7 Å². The molecule has 0 saturated heterocycles. The quantitative estimate of drug-likeness (QED) is 0.871. The Labute approximate surface area is 156 Å². The van der Waals surface area contributed by atoms with E-state index in [0.717, 1.165) is 11.1 Å². The molecular weight excluding hydrogens is 368 g/mol. The number of benzene rings is 2. The van der Waals surface area contributed by atoms with Gasteiger partial charge >= 0.3 is 5.97 Å². The fraction of sp³-hybridized carbons (Fsp3) is 0.263. The zero-order chi connectivity index (χ0) is 19.3. The van der Waals surface area contributed by atoms with Gasteiger partial charge in [-0.3, -0.25) is 9.10 Å². The van der Waals surface area contributed by atoms with Crippen molar-refractivity contribution < 1.29 is 23.1 Å². The first-order valence-corrected chi connectivity index (χ1v) is 9.97. The Morgan fingerprint density at radius 1 is 1.00 bits per heavy atom. The number of aromatic carboxylic acids is 1. The minimum atomic E-state index is -3.76. The highest BCUT2D eigenvalue weighted by Crippen LogP contribution is 2.35. The molecule has 140 valence electrons. The zero-order valence-electron chi connectivity index (χ0n) is 14.7. The summed E-state index contributed by atoms with van der Waals surface area (Å²) in [5.41, 5.74) is 3.17. The first-order chi connectivity index (χ1) is 12.8. The number of carboxylic acids is 1. The summed E-state index contributed by atoms with van der Waals surface area (Å²) in [5, 5.41) is 9.11. The highest BCUT2D eigenvalue weighted by molar-refractivity contribution is 7.92. The van der Waals surface area contributed by atoms with Crippen LogP contribution in [0.25, 0.3) is 0 Å². The SMILES string of the molecule is CC(=O)N1Cc2ccc(S(=O)(=O)N3CCc4cc(C(=O)O)ccc43)cc2C1. The summed E-state index contributed by atoms with van der Waals surface area (Å²) in [5.74, 6) is -1.08. The second kappa shape index (κ2) is 6.09. The van der Waals surface area contributed by atoms with Crippen molar-refractivity contribution in [1.29, 1.82) is 0 Å². The Kier molecular flexibility index (Phi) is 3.96. The lowest BCUT2D eigenvalue weighted by Crippen LogP contribution is -2.29. The van der Waals surface area contributed by atoms with E-state index in [-0.39, 0.29) is 22.9 Å². The average molecular weight is 386 g/mol. The minimum absolute atomic E-state index is 0.0432. The molecule has 2 aliphatic heterocycles. The third-order valence-electron chi connectivity index (χ3n) is 5.11. The first kappa shape index (κ1) is 17.5. The van der Waals surface area contributed by atoms with E-state index in [0.29, 0.717) is 30.8 Å². The van der Waals surface area contributed by atoms with E-state index in [9.17, 15) is 18.0 Å². The normalized spacial score (nSPS) is 15.6. The van der Waals surface area contributed by atoms with Crippen molar-refractivity contribution in [1.82, 2.24) is 4.90 Å². The molecule has 0 atom stereocenters. The van der Waals surface area contributed by atoms with Crippen molar-refractivity contribution in [2.75, 3.05) is 10.8 Å². The Bertz CT molecular complexity index is 1080. The molecule has 27 heavy (non-hydrogen) atoms. The fourth-order valence-corrected chi connectivity index (χ4v) is 5.19. The highest BCUT2D eigenvalue weighted by atomic mass is 32.2. The zero-order valence-corrected chi connectivity index (χ0v) is 15.5. The molecule has 1 amide bonds. The molecule has 2 aromatic carbocycles. The van der Waals surface area contributed by atoms with Gasteiger partial charge in [0.2, 0.25) is 5.91 Å². The van der Waals surface area contributed by atoms with Gasteiger partial charge in [0.25, 0.3) is 10.0 Å². The van der Waals surface area contributed by atoms with Crippen LogP contribution in [-0.4, -0.2) is 36.8 Å². The van der Waals surface area contributed by atoms with Crippen molar-refractivity contribution in [3.63, 3.8) is 0 Å². The molecule has 0 saturated carbocycles. The summed E-state index contributed by atoms with van der Waals surface area (Å²) in [4.78, 5) is 24.5. The van der Waals surface area contributed by atoms with Crippen LogP contribution in [0.15, 0.2) is 41.3 Å².